The molecule has 82 valence electrons. The first-order valence-corrected chi connectivity index (χ1v) is 5.07. The first-order chi connectivity index (χ1) is 7.75. The first kappa shape index (κ1) is 10.7. The van der Waals surface area contributed by atoms with E-state index in [4.69, 9.17) is 22.1 Å². The van der Waals surface area contributed by atoms with Crippen LogP contribution < -0.4 is 10.5 Å². The fourth-order valence-corrected chi connectivity index (χ4v) is 1.33. The Kier molecular flexibility index (Phi) is 3.22. The van der Waals surface area contributed by atoms with E-state index in [0.29, 0.717) is 22.3 Å². The van der Waals surface area contributed by atoms with E-state index < -0.39 is 0 Å². The summed E-state index contributed by atoms with van der Waals surface area (Å²) in [7, 11) is 0. The number of nitrogens with two attached hydrogens (primary N) is 1. The summed E-state index contributed by atoms with van der Waals surface area (Å²) in [5.41, 5.74) is 6.00. The fourth-order valence-electron chi connectivity index (χ4n) is 1.14. The van der Waals surface area contributed by atoms with Gasteiger partial charge in [-0.25, -0.2) is 9.97 Å². The molecule has 5 heteroatoms. The van der Waals surface area contributed by atoms with Gasteiger partial charge in [0.1, 0.15) is 12.4 Å². The van der Waals surface area contributed by atoms with Crippen LogP contribution in [0.15, 0.2) is 36.7 Å². The van der Waals surface area contributed by atoms with Crippen molar-refractivity contribution in [2.75, 3.05) is 5.73 Å². The molecule has 2 rings (SSSR count). The predicted molar refractivity (Wildman–Crippen MR) is 62.2 cm³/mol. The molecule has 0 fully saturated rings. The van der Waals surface area contributed by atoms with Crippen molar-refractivity contribution in [2.24, 2.45) is 0 Å². The predicted octanol–water partition coefficient (Wildman–Crippen LogP) is 2.29. The molecule has 1 heterocycles. The van der Waals surface area contributed by atoms with E-state index in [1.165, 1.54) is 12.4 Å². The van der Waals surface area contributed by atoms with Gasteiger partial charge in [0.15, 0.2) is 5.82 Å². The average Bonchev–Trinajstić information content (AvgIpc) is 2.30. The molecule has 0 atom stereocenters. The molecule has 1 aromatic heterocycles. The number of hydrogen-bond donors (Lipinski definition) is 1. The molecule has 0 saturated carbocycles. The summed E-state index contributed by atoms with van der Waals surface area (Å²) in [5.74, 6) is 1.18. The van der Waals surface area contributed by atoms with Gasteiger partial charge in [0.2, 0.25) is 0 Å². The lowest BCUT2D eigenvalue weighted by molar-refractivity contribution is 0.296. The number of anilines is 1. The Bertz CT molecular complexity index is 473. The largest absolute Gasteiger partial charge is 0.484 e. The maximum Gasteiger partial charge on any atom is 0.166 e. The number of ether oxygens (including phenoxy) is 1. The third kappa shape index (κ3) is 2.61. The van der Waals surface area contributed by atoms with Gasteiger partial charge >= 0.3 is 0 Å². The van der Waals surface area contributed by atoms with Crippen LogP contribution in [0.25, 0.3) is 0 Å². The first-order valence-electron chi connectivity index (χ1n) is 4.69. The molecule has 0 radical (unpaired) electrons. The van der Waals surface area contributed by atoms with Gasteiger partial charge < -0.3 is 10.5 Å². The van der Waals surface area contributed by atoms with Crippen LogP contribution in [0.3, 0.4) is 0 Å². The lowest BCUT2D eigenvalue weighted by Crippen LogP contribution is -2.02. The monoisotopic (exact) mass is 235 g/mol. The number of nitrogen functional groups attached to an aromatic ring is 1. The maximum atomic E-state index is 5.93. The van der Waals surface area contributed by atoms with Crippen molar-refractivity contribution < 1.29 is 4.74 Å². The number of benzene rings is 1. The Morgan fingerprint density at radius 3 is 2.56 bits per heavy atom. The van der Waals surface area contributed by atoms with Crippen molar-refractivity contribution in [3.05, 3.63) is 47.5 Å². The number of aromatic nitrogens is 2. The number of nitrogens with zero attached hydrogens (tertiary/aromatic N) is 2. The van der Waals surface area contributed by atoms with Gasteiger partial charge in [-0.1, -0.05) is 23.7 Å². The van der Waals surface area contributed by atoms with E-state index in [9.17, 15) is 0 Å². The summed E-state index contributed by atoms with van der Waals surface area (Å²) >= 11 is 5.93. The lowest BCUT2D eigenvalue weighted by Gasteiger charge is -2.06. The van der Waals surface area contributed by atoms with Gasteiger partial charge in [-0.05, 0) is 12.1 Å². The zero-order chi connectivity index (χ0) is 11.4. The second kappa shape index (κ2) is 4.81. The lowest BCUT2D eigenvalue weighted by atomic mass is 10.3. The Morgan fingerprint density at radius 1 is 1.19 bits per heavy atom. The smallest absolute Gasteiger partial charge is 0.166 e. The minimum Gasteiger partial charge on any atom is -0.484 e. The zero-order valence-corrected chi connectivity index (χ0v) is 9.19. The molecule has 0 bridgehead atoms. The molecular formula is C11H10ClN3O. The summed E-state index contributed by atoms with van der Waals surface area (Å²) in [6, 6.07) is 7.25. The van der Waals surface area contributed by atoms with Gasteiger partial charge in [0, 0.05) is 0 Å². The summed E-state index contributed by atoms with van der Waals surface area (Å²) in [5, 5.41) is 0.568. The summed E-state index contributed by atoms with van der Waals surface area (Å²) < 4.78 is 5.46. The highest BCUT2D eigenvalue weighted by molar-refractivity contribution is 6.32. The fraction of sp³-hybridized carbons (Fsp3) is 0.0909. The van der Waals surface area contributed by atoms with Crippen LogP contribution in [0.4, 0.5) is 5.69 Å². The Balaban J connectivity index is 2.02. The molecule has 1 aromatic carbocycles. The molecule has 16 heavy (non-hydrogen) atoms. The summed E-state index contributed by atoms with van der Waals surface area (Å²) in [4.78, 5) is 8.04. The van der Waals surface area contributed by atoms with E-state index >= 15 is 0 Å². The average molecular weight is 236 g/mol. The van der Waals surface area contributed by atoms with Crippen LogP contribution in [0.5, 0.6) is 5.75 Å². The minimum absolute atomic E-state index is 0.268. The standard InChI is InChI=1S/C11H10ClN3O/c12-9-3-1-2-4-10(9)16-7-11-14-5-8(13)6-15-11/h1-6H,7,13H2. The van der Waals surface area contributed by atoms with Crippen molar-refractivity contribution in [1.29, 1.82) is 0 Å². The number of hydrogen-bond acceptors (Lipinski definition) is 4. The van der Waals surface area contributed by atoms with Gasteiger partial charge in [-0.15, -0.1) is 0 Å². The molecule has 0 unspecified atom stereocenters. The molecule has 4 nitrogen and oxygen atoms in total. The third-order valence-corrected chi connectivity index (χ3v) is 2.23. The van der Waals surface area contributed by atoms with Crippen LogP contribution in [0.1, 0.15) is 5.82 Å². The second-order valence-corrected chi connectivity index (χ2v) is 3.56. The normalized spacial score (nSPS) is 10.1. The number of para-hydroxylation sites is 1. The van der Waals surface area contributed by atoms with Crippen LogP contribution in [0, 0.1) is 0 Å². The Morgan fingerprint density at radius 2 is 1.88 bits per heavy atom. The van der Waals surface area contributed by atoms with Crippen molar-refractivity contribution >= 4 is 17.3 Å². The molecule has 2 aromatic rings. The molecular weight excluding hydrogens is 226 g/mol. The Hall–Kier alpha value is -1.81. The zero-order valence-electron chi connectivity index (χ0n) is 8.43. The SMILES string of the molecule is Nc1cnc(COc2ccccc2Cl)nc1. The van der Waals surface area contributed by atoms with Gasteiger partial charge in [0.25, 0.3) is 0 Å². The highest BCUT2D eigenvalue weighted by Gasteiger charge is 2.01. The van der Waals surface area contributed by atoms with Gasteiger partial charge in [-0.2, -0.15) is 0 Å². The van der Waals surface area contributed by atoms with Crippen molar-refractivity contribution in [1.82, 2.24) is 9.97 Å². The number of halogens is 1. The molecule has 0 spiro atoms. The minimum atomic E-state index is 0.268. The molecule has 0 amide bonds. The van der Waals surface area contributed by atoms with Gasteiger partial charge in [-0.3, -0.25) is 0 Å². The second-order valence-electron chi connectivity index (χ2n) is 3.15. The molecule has 0 aliphatic heterocycles. The van der Waals surface area contributed by atoms with E-state index in [2.05, 4.69) is 9.97 Å². The molecule has 0 aliphatic carbocycles. The highest BCUT2D eigenvalue weighted by Crippen LogP contribution is 2.23. The van der Waals surface area contributed by atoms with Crippen molar-refractivity contribution in [3.8, 4) is 5.75 Å². The van der Waals surface area contributed by atoms with Crippen LogP contribution in [-0.4, -0.2) is 9.97 Å². The number of rotatable bonds is 3. The van der Waals surface area contributed by atoms with Crippen molar-refractivity contribution in [2.45, 2.75) is 6.61 Å². The van der Waals surface area contributed by atoms with E-state index in [1.54, 1.807) is 12.1 Å². The van der Waals surface area contributed by atoms with Crippen molar-refractivity contribution in [3.63, 3.8) is 0 Å². The molecule has 2 N–H and O–H groups in total. The maximum absolute atomic E-state index is 5.93. The topological polar surface area (TPSA) is 61.0 Å². The van der Waals surface area contributed by atoms with E-state index in [0.717, 1.165) is 0 Å². The van der Waals surface area contributed by atoms with Gasteiger partial charge in [0.05, 0.1) is 23.1 Å². The van der Waals surface area contributed by atoms with Crippen LogP contribution >= 0.6 is 11.6 Å². The Labute approximate surface area is 98.0 Å². The third-order valence-electron chi connectivity index (χ3n) is 1.92. The highest BCUT2D eigenvalue weighted by atomic mass is 35.5. The quantitative estimate of drug-likeness (QED) is 0.887. The van der Waals surface area contributed by atoms with E-state index in [1.807, 2.05) is 12.1 Å². The van der Waals surface area contributed by atoms with E-state index in [-0.39, 0.29) is 6.61 Å². The summed E-state index contributed by atoms with van der Waals surface area (Å²) in [6.07, 6.45) is 3.08. The van der Waals surface area contributed by atoms with Crippen LogP contribution in [0.2, 0.25) is 5.02 Å². The molecule has 0 saturated heterocycles. The van der Waals surface area contributed by atoms with Crippen LogP contribution in [-0.2, 0) is 6.61 Å². The molecule has 0 aliphatic rings. The summed E-state index contributed by atoms with van der Waals surface area (Å²) in [6.45, 7) is 0.268.